The lowest BCUT2D eigenvalue weighted by Gasteiger charge is -2.07. The van der Waals surface area contributed by atoms with Crippen LogP contribution in [-0.2, 0) is 11.3 Å². The number of aromatic carboxylic acids is 1. The highest BCUT2D eigenvalue weighted by atomic mass is 32.1. The number of hydrogen-bond donors (Lipinski definition) is 1. The van der Waals surface area contributed by atoms with Crippen molar-refractivity contribution >= 4 is 27.4 Å². The molecule has 3 nitrogen and oxygen atoms in total. The summed E-state index contributed by atoms with van der Waals surface area (Å²) in [5.74, 6) is -2.19. The minimum absolute atomic E-state index is 0.144. The largest absolute Gasteiger partial charge is 0.522 e. The van der Waals surface area contributed by atoms with Gasteiger partial charge in [-0.15, -0.1) is 24.5 Å². The van der Waals surface area contributed by atoms with Crippen molar-refractivity contribution in [3.05, 3.63) is 34.5 Å². The molecule has 0 amide bonds. The summed E-state index contributed by atoms with van der Waals surface area (Å²) >= 11 is 0.710. The van der Waals surface area contributed by atoms with Crippen LogP contribution < -0.4 is 0 Å². The standard InChI is InChI=1S/C11H6F4O3S/c12-6-2-1-3-7-8(6)5(4-18-11(13,14)15)9(19-7)10(16)17/h1-3H,4H2,(H,16,17). The zero-order valence-corrected chi connectivity index (χ0v) is 9.94. The van der Waals surface area contributed by atoms with Crippen molar-refractivity contribution in [2.45, 2.75) is 13.0 Å². The summed E-state index contributed by atoms with van der Waals surface area (Å²) in [5, 5.41) is 8.79. The van der Waals surface area contributed by atoms with E-state index in [1.165, 1.54) is 12.1 Å². The summed E-state index contributed by atoms with van der Waals surface area (Å²) in [6.45, 7) is -1.04. The van der Waals surface area contributed by atoms with Gasteiger partial charge >= 0.3 is 12.3 Å². The van der Waals surface area contributed by atoms with Crippen LogP contribution in [0.3, 0.4) is 0 Å². The molecule has 0 aliphatic carbocycles. The number of halogens is 4. The number of thiophene rings is 1. The Balaban J connectivity index is 2.55. The predicted octanol–water partition coefficient (Wildman–Crippen LogP) is 3.78. The fraction of sp³-hybridized carbons (Fsp3) is 0.182. The van der Waals surface area contributed by atoms with Crippen molar-refractivity contribution in [2.24, 2.45) is 0 Å². The third-order valence-corrected chi connectivity index (χ3v) is 3.52. The van der Waals surface area contributed by atoms with Crippen molar-refractivity contribution < 1.29 is 32.2 Å². The lowest BCUT2D eigenvalue weighted by atomic mass is 10.1. The number of carboxylic acids is 1. The number of hydrogen-bond acceptors (Lipinski definition) is 3. The smallest absolute Gasteiger partial charge is 0.477 e. The highest BCUT2D eigenvalue weighted by Crippen LogP contribution is 2.34. The fourth-order valence-electron chi connectivity index (χ4n) is 1.63. The van der Waals surface area contributed by atoms with E-state index in [4.69, 9.17) is 5.11 Å². The van der Waals surface area contributed by atoms with Crippen LogP contribution in [0.4, 0.5) is 17.6 Å². The molecular formula is C11H6F4O3S. The number of carbonyl (C=O) groups is 1. The molecule has 19 heavy (non-hydrogen) atoms. The van der Waals surface area contributed by atoms with E-state index in [-0.39, 0.29) is 20.5 Å². The molecule has 0 aliphatic heterocycles. The second kappa shape index (κ2) is 4.78. The van der Waals surface area contributed by atoms with E-state index < -0.39 is 24.8 Å². The maximum Gasteiger partial charge on any atom is 0.522 e. The summed E-state index contributed by atoms with van der Waals surface area (Å²) < 4.78 is 53.5. The van der Waals surface area contributed by atoms with E-state index in [0.717, 1.165) is 6.07 Å². The predicted molar refractivity (Wildman–Crippen MR) is 59.6 cm³/mol. The number of alkyl halides is 3. The molecule has 0 radical (unpaired) electrons. The Morgan fingerprint density at radius 3 is 2.63 bits per heavy atom. The highest BCUT2D eigenvalue weighted by Gasteiger charge is 2.31. The maximum absolute atomic E-state index is 13.6. The zero-order valence-electron chi connectivity index (χ0n) is 9.12. The summed E-state index contributed by atoms with van der Waals surface area (Å²) in [5.41, 5.74) is -0.303. The first-order valence-corrected chi connectivity index (χ1v) is 5.75. The number of ether oxygens (including phenoxy) is 1. The van der Waals surface area contributed by atoms with Crippen LogP contribution in [0.2, 0.25) is 0 Å². The maximum atomic E-state index is 13.6. The molecule has 2 aromatic rings. The minimum Gasteiger partial charge on any atom is -0.477 e. The van der Waals surface area contributed by atoms with Gasteiger partial charge in [-0.2, -0.15) is 0 Å². The number of rotatable bonds is 3. The van der Waals surface area contributed by atoms with Gasteiger partial charge < -0.3 is 5.11 Å². The van der Waals surface area contributed by atoms with Crippen LogP contribution in [0.15, 0.2) is 18.2 Å². The van der Waals surface area contributed by atoms with Gasteiger partial charge in [0, 0.05) is 15.6 Å². The fourth-order valence-corrected chi connectivity index (χ4v) is 2.69. The number of fused-ring (bicyclic) bond motifs is 1. The Morgan fingerprint density at radius 1 is 1.37 bits per heavy atom. The van der Waals surface area contributed by atoms with E-state index in [1.54, 1.807) is 0 Å². The molecule has 102 valence electrons. The van der Waals surface area contributed by atoms with E-state index in [0.29, 0.717) is 11.3 Å². The molecule has 1 N–H and O–H groups in total. The van der Waals surface area contributed by atoms with E-state index in [9.17, 15) is 22.4 Å². The van der Waals surface area contributed by atoms with E-state index in [2.05, 4.69) is 4.74 Å². The van der Waals surface area contributed by atoms with Crippen LogP contribution in [0.5, 0.6) is 0 Å². The lowest BCUT2D eigenvalue weighted by Crippen LogP contribution is -2.14. The summed E-state index contributed by atoms with van der Waals surface area (Å²) in [6, 6.07) is 3.85. The quantitative estimate of drug-likeness (QED) is 0.876. The topological polar surface area (TPSA) is 46.5 Å². The van der Waals surface area contributed by atoms with Crippen molar-refractivity contribution in [1.29, 1.82) is 0 Å². The molecule has 0 aliphatic rings. The third-order valence-electron chi connectivity index (χ3n) is 2.34. The van der Waals surface area contributed by atoms with Gasteiger partial charge in [0.15, 0.2) is 0 Å². The van der Waals surface area contributed by atoms with Crippen molar-refractivity contribution in [2.75, 3.05) is 0 Å². The van der Waals surface area contributed by atoms with E-state index >= 15 is 0 Å². The highest BCUT2D eigenvalue weighted by molar-refractivity contribution is 7.21. The van der Waals surface area contributed by atoms with Gasteiger partial charge in [0.25, 0.3) is 0 Å². The van der Waals surface area contributed by atoms with Crippen LogP contribution in [0.25, 0.3) is 10.1 Å². The molecule has 0 saturated carbocycles. The van der Waals surface area contributed by atoms with Crippen LogP contribution in [0.1, 0.15) is 15.2 Å². The molecule has 0 fully saturated rings. The van der Waals surface area contributed by atoms with Gasteiger partial charge in [-0.3, -0.25) is 4.74 Å². The molecule has 8 heteroatoms. The molecule has 0 unspecified atom stereocenters. The zero-order chi connectivity index (χ0) is 14.2. The summed E-state index contributed by atoms with van der Waals surface area (Å²) in [4.78, 5) is 10.6. The van der Waals surface area contributed by atoms with E-state index in [1.807, 2.05) is 0 Å². The molecule has 0 bridgehead atoms. The Morgan fingerprint density at radius 2 is 2.05 bits per heavy atom. The molecular weight excluding hydrogens is 288 g/mol. The van der Waals surface area contributed by atoms with Crippen LogP contribution in [-0.4, -0.2) is 17.4 Å². The lowest BCUT2D eigenvalue weighted by molar-refractivity contribution is -0.330. The second-order valence-corrected chi connectivity index (χ2v) is 4.61. The van der Waals surface area contributed by atoms with Crippen LogP contribution in [0, 0.1) is 5.82 Å². The third kappa shape index (κ3) is 2.85. The van der Waals surface area contributed by atoms with Gasteiger partial charge in [0.2, 0.25) is 0 Å². The minimum atomic E-state index is -4.91. The van der Waals surface area contributed by atoms with Crippen molar-refractivity contribution in [3.8, 4) is 0 Å². The van der Waals surface area contributed by atoms with Gasteiger partial charge in [-0.25, -0.2) is 9.18 Å². The average molecular weight is 294 g/mol. The molecule has 2 rings (SSSR count). The Bertz CT molecular complexity index is 633. The van der Waals surface area contributed by atoms with Gasteiger partial charge in [-0.1, -0.05) is 6.07 Å². The van der Waals surface area contributed by atoms with Gasteiger partial charge in [0.05, 0.1) is 6.61 Å². The van der Waals surface area contributed by atoms with Crippen LogP contribution >= 0.6 is 11.3 Å². The molecule has 0 saturated heterocycles. The van der Waals surface area contributed by atoms with Gasteiger partial charge in [-0.05, 0) is 12.1 Å². The molecule has 0 atom stereocenters. The number of benzene rings is 1. The Labute approximate surface area is 108 Å². The number of carboxylic acid groups (broad SMARTS) is 1. The van der Waals surface area contributed by atoms with Crippen molar-refractivity contribution in [3.63, 3.8) is 0 Å². The second-order valence-electron chi connectivity index (χ2n) is 3.56. The summed E-state index contributed by atoms with van der Waals surface area (Å²) in [7, 11) is 0. The average Bonchev–Trinajstić information content (AvgIpc) is 2.65. The molecule has 1 heterocycles. The normalized spacial score (nSPS) is 12.0. The SMILES string of the molecule is O=C(O)c1sc2cccc(F)c2c1COC(F)(F)F. The molecule has 1 aromatic heterocycles. The van der Waals surface area contributed by atoms with Crippen molar-refractivity contribution in [1.82, 2.24) is 0 Å². The molecule has 1 aromatic carbocycles. The first-order chi connectivity index (χ1) is 8.79. The summed E-state index contributed by atoms with van der Waals surface area (Å²) in [6.07, 6.45) is -4.91. The first-order valence-electron chi connectivity index (χ1n) is 4.93. The van der Waals surface area contributed by atoms with Gasteiger partial charge in [0.1, 0.15) is 10.7 Å². The molecule has 0 spiro atoms. The monoisotopic (exact) mass is 294 g/mol. The first kappa shape index (κ1) is 13.8. The Hall–Kier alpha value is -1.67. The Kier molecular flexibility index (Phi) is 3.46.